The second kappa shape index (κ2) is 6.57. The van der Waals surface area contributed by atoms with Gasteiger partial charge in [-0.15, -0.1) is 0 Å². The second-order valence-electron chi connectivity index (χ2n) is 8.02. The van der Waals surface area contributed by atoms with Gasteiger partial charge in [0.2, 0.25) is 0 Å². The van der Waals surface area contributed by atoms with Crippen LogP contribution in [-0.4, -0.2) is 45.4 Å². The summed E-state index contributed by atoms with van der Waals surface area (Å²) in [7, 11) is 1.57. The monoisotopic (exact) mass is 399 g/mol. The molecule has 0 aliphatic carbocycles. The van der Waals surface area contributed by atoms with E-state index >= 15 is 0 Å². The maximum atomic E-state index is 12.9. The fraction of sp³-hybridized carbons (Fsp3) is 0.450. The zero-order valence-corrected chi connectivity index (χ0v) is 16.9. The number of ether oxygens (including phenoxy) is 1. The number of rotatable bonds is 5. The van der Waals surface area contributed by atoms with E-state index in [1.165, 1.54) is 0 Å². The topological polar surface area (TPSA) is 109 Å². The van der Waals surface area contributed by atoms with E-state index in [4.69, 9.17) is 4.74 Å². The first-order valence-corrected chi connectivity index (χ1v) is 9.50. The molecule has 9 heteroatoms. The molecular weight excluding hydrogens is 374 g/mol. The van der Waals surface area contributed by atoms with Crippen molar-refractivity contribution in [3.8, 4) is 5.75 Å². The molecule has 2 atom stereocenters. The molecule has 1 aromatic heterocycles. The van der Waals surface area contributed by atoms with Gasteiger partial charge in [0, 0.05) is 36.5 Å². The zero-order valence-electron chi connectivity index (χ0n) is 16.9. The Morgan fingerprint density at radius 2 is 2.10 bits per heavy atom. The highest BCUT2D eigenvalue weighted by molar-refractivity contribution is 6.07. The summed E-state index contributed by atoms with van der Waals surface area (Å²) in [4.78, 5) is 26.7. The number of aromatic nitrogens is 2. The fourth-order valence-corrected chi connectivity index (χ4v) is 4.03. The Morgan fingerprint density at radius 1 is 1.34 bits per heavy atom. The summed E-state index contributed by atoms with van der Waals surface area (Å²) in [6.07, 6.45) is 3.35. The van der Waals surface area contributed by atoms with Gasteiger partial charge in [-0.1, -0.05) is 6.07 Å². The number of hydrogen-bond acceptors (Lipinski definition) is 6. The highest BCUT2D eigenvalue weighted by Crippen LogP contribution is 2.41. The van der Waals surface area contributed by atoms with Gasteiger partial charge >= 0.3 is 6.03 Å². The lowest BCUT2D eigenvalue weighted by atomic mass is 9.91. The van der Waals surface area contributed by atoms with Crippen molar-refractivity contribution in [1.29, 1.82) is 0 Å². The molecule has 3 N–H and O–H groups in total. The maximum Gasteiger partial charge on any atom is 0.322 e. The largest absolute Gasteiger partial charge is 0.497 e. The minimum absolute atomic E-state index is 0.0817. The first-order chi connectivity index (χ1) is 13.7. The predicted octanol–water partition coefficient (Wildman–Crippen LogP) is 1.19. The molecule has 2 aliphatic rings. The van der Waals surface area contributed by atoms with E-state index in [-0.39, 0.29) is 12.6 Å². The van der Waals surface area contributed by atoms with E-state index < -0.39 is 23.2 Å². The Bertz CT molecular complexity index is 983. The molecule has 0 radical (unpaired) electrons. The molecule has 0 saturated carbocycles. The Morgan fingerprint density at radius 3 is 2.69 bits per heavy atom. The number of nitrogens with zero attached hydrogens (tertiary/aromatic N) is 3. The molecule has 0 bridgehead atoms. The molecule has 3 heterocycles. The molecule has 9 nitrogen and oxygen atoms in total. The summed E-state index contributed by atoms with van der Waals surface area (Å²) in [6, 6.07) is 5.08. The first-order valence-electron chi connectivity index (χ1n) is 9.50. The number of imide groups is 1. The molecule has 1 saturated heterocycles. The van der Waals surface area contributed by atoms with Crippen LogP contribution in [0.15, 0.2) is 30.6 Å². The maximum absolute atomic E-state index is 12.9. The van der Waals surface area contributed by atoms with Gasteiger partial charge in [-0.05, 0) is 38.5 Å². The minimum atomic E-state index is -1.35. The number of carbonyl (C=O) groups is 2. The number of carbonyl (C=O) groups excluding carboxylic acids is 2. The lowest BCUT2D eigenvalue weighted by Gasteiger charge is -2.37. The zero-order chi connectivity index (χ0) is 21.0. The van der Waals surface area contributed by atoms with Gasteiger partial charge in [0.05, 0.1) is 13.3 Å². The summed E-state index contributed by atoms with van der Waals surface area (Å²) >= 11 is 0. The number of nitrogens with one attached hydrogen (secondary N) is 2. The predicted molar refractivity (Wildman–Crippen MR) is 104 cm³/mol. The van der Waals surface area contributed by atoms with E-state index in [9.17, 15) is 14.7 Å². The lowest BCUT2D eigenvalue weighted by Crippen LogP contribution is -2.55. The second-order valence-corrected chi connectivity index (χ2v) is 8.02. The Hall–Kier alpha value is -2.91. The standard InChI is InChI=1S/C20H25N5O4/c1-12(2)25-10-14(8-21-25)20(17(26)22-18(27)23-20)11-24-9-13-5-6-15(29-4)7-16(13)19(24,3)28/h5-8,10,12,28H,9,11H2,1-4H3,(H2,22,23,26,27)/t19?,20-/m0/s1. The molecule has 1 aromatic carbocycles. The number of hydrogen-bond donors (Lipinski definition) is 3. The first kappa shape index (κ1) is 19.4. The molecule has 2 aliphatic heterocycles. The van der Waals surface area contributed by atoms with E-state index in [1.54, 1.807) is 42.1 Å². The van der Waals surface area contributed by atoms with Crippen molar-refractivity contribution < 1.29 is 19.4 Å². The molecule has 1 unspecified atom stereocenters. The van der Waals surface area contributed by atoms with Crippen molar-refractivity contribution in [3.05, 3.63) is 47.3 Å². The van der Waals surface area contributed by atoms with E-state index in [2.05, 4.69) is 15.7 Å². The Kier molecular flexibility index (Phi) is 4.39. The summed E-state index contributed by atoms with van der Waals surface area (Å²) < 4.78 is 7.02. The molecule has 154 valence electrons. The summed E-state index contributed by atoms with van der Waals surface area (Å²) in [5.74, 6) is 0.181. The average molecular weight is 399 g/mol. The molecule has 2 aromatic rings. The fourth-order valence-electron chi connectivity index (χ4n) is 4.03. The van der Waals surface area contributed by atoms with Gasteiger partial charge < -0.3 is 15.2 Å². The number of aliphatic hydroxyl groups is 1. The van der Waals surface area contributed by atoms with Crippen LogP contribution in [0.4, 0.5) is 4.79 Å². The van der Waals surface area contributed by atoms with Gasteiger partial charge in [0.25, 0.3) is 5.91 Å². The average Bonchev–Trinajstić information content (AvgIpc) is 3.32. The minimum Gasteiger partial charge on any atom is -0.497 e. The third-order valence-corrected chi connectivity index (χ3v) is 5.80. The van der Waals surface area contributed by atoms with Crippen LogP contribution in [-0.2, 0) is 22.6 Å². The number of benzene rings is 1. The number of urea groups is 1. The third-order valence-electron chi connectivity index (χ3n) is 5.80. The molecular formula is C20H25N5O4. The number of fused-ring (bicyclic) bond motifs is 1. The van der Waals surface area contributed by atoms with Gasteiger partial charge in [-0.3, -0.25) is 19.7 Å². The van der Waals surface area contributed by atoms with Crippen LogP contribution in [0, 0.1) is 0 Å². The van der Waals surface area contributed by atoms with E-state index in [1.807, 2.05) is 26.0 Å². The molecule has 3 amide bonds. The summed E-state index contributed by atoms with van der Waals surface area (Å²) in [5, 5.41) is 20.7. The van der Waals surface area contributed by atoms with Crippen molar-refractivity contribution in [1.82, 2.24) is 25.3 Å². The van der Waals surface area contributed by atoms with Crippen LogP contribution in [0.5, 0.6) is 5.75 Å². The van der Waals surface area contributed by atoms with Gasteiger partial charge in [-0.2, -0.15) is 5.10 Å². The molecule has 29 heavy (non-hydrogen) atoms. The molecule has 0 spiro atoms. The Labute approximate surface area is 168 Å². The van der Waals surface area contributed by atoms with Gasteiger partial charge in [-0.25, -0.2) is 4.79 Å². The summed E-state index contributed by atoms with van der Waals surface area (Å²) in [6.45, 7) is 6.14. The molecule has 4 rings (SSSR count). The van der Waals surface area contributed by atoms with Crippen LogP contribution < -0.4 is 15.4 Å². The van der Waals surface area contributed by atoms with Crippen molar-refractivity contribution in [3.63, 3.8) is 0 Å². The van der Waals surface area contributed by atoms with E-state index in [0.29, 0.717) is 17.9 Å². The van der Waals surface area contributed by atoms with E-state index in [0.717, 1.165) is 11.1 Å². The van der Waals surface area contributed by atoms with Crippen LogP contribution in [0.2, 0.25) is 0 Å². The highest BCUT2D eigenvalue weighted by Gasteiger charge is 2.53. The number of amides is 3. The quantitative estimate of drug-likeness (QED) is 0.652. The molecule has 1 fully saturated rings. The third kappa shape index (κ3) is 2.97. The van der Waals surface area contributed by atoms with Crippen molar-refractivity contribution in [2.24, 2.45) is 0 Å². The van der Waals surface area contributed by atoms with Gasteiger partial charge in [0.1, 0.15) is 11.5 Å². The van der Waals surface area contributed by atoms with Crippen molar-refractivity contribution >= 4 is 11.9 Å². The van der Waals surface area contributed by atoms with Crippen LogP contribution in [0.3, 0.4) is 0 Å². The SMILES string of the molecule is COc1ccc2c(c1)C(C)(O)N(C[C@@]1(c3cnn(C(C)C)c3)NC(=O)NC1=O)C2. The normalized spacial score (nSPS) is 26.6. The smallest absolute Gasteiger partial charge is 0.322 e. The Balaban J connectivity index is 1.72. The van der Waals surface area contributed by atoms with Crippen molar-refractivity contribution in [2.75, 3.05) is 13.7 Å². The van der Waals surface area contributed by atoms with Crippen LogP contribution in [0.25, 0.3) is 0 Å². The summed E-state index contributed by atoms with van der Waals surface area (Å²) in [5.41, 5.74) is -0.458. The highest BCUT2D eigenvalue weighted by atomic mass is 16.5. The van der Waals surface area contributed by atoms with Gasteiger partial charge in [0.15, 0.2) is 5.54 Å². The number of methoxy groups -OCH3 is 1. The van der Waals surface area contributed by atoms with Crippen LogP contribution >= 0.6 is 0 Å². The van der Waals surface area contributed by atoms with Crippen molar-refractivity contribution in [2.45, 2.75) is 44.6 Å². The lowest BCUT2D eigenvalue weighted by molar-refractivity contribution is -0.131. The van der Waals surface area contributed by atoms with Crippen LogP contribution in [0.1, 0.15) is 43.5 Å².